The quantitative estimate of drug-likeness (QED) is 0.754. The van der Waals surface area contributed by atoms with Crippen LogP contribution in [0.15, 0.2) is 18.2 Å². The topological polar surface area (TPSA) is 38.7 Å². The lowest BCUT2D eigenvalue weighted by Crippen LogP contribution is -2.09. The molecule has 0 radical (unpaired) electrons. The summed E-state index contributed by atoms with van der Waals surface area (Å²) in [7, 11) is 1.63. The fraction of sp³-hybridized carbons (Fsp3) is 0.538. The first-order chi connectivity index (χ1) is 7.69. The molecule has 0 spiro atoms. The van der Waals surface area contributed by atoms with Crippen LogP contribution in [0.2, 0.25) is 0 Å². The summed E-state index contributed by atoms with van der Waals surface area (Å²) in [6, 6.07) is 5.65. The van der Waals surface area contributed by atoms with Crippen molar-refractivity contribution in [1.82, 2.24) is 0 Å². The Balaban J connectivity index is 2.64. The molecule has 0 bridgehead atoms. The Bertz CT molecular complexity index is 323. The van der Waals surface area contributed by atoms with Crippen molar-refractivity contribution < 1.29 is 14.6 Å². The molecule has 0 aliphatic rings. The average Bonchev–Trinajstić information content (AvgIpc) is 2.29. The van der Waals surface area contributed by atoms with Crippen molar-refractivity contribution in [1.29, 1.82) is 0 Å². The zero-order valence-electron chi connectivity index (χ0n) is 10.2. The smallest absolute Gasteiger partial charge is 0.119 e. The van der Waals surface area contributed by atoms with E-state index in [0.717, 1.165) is 23.3 Å². The minimum atomic E-state index is -0.558. The van der Waals surface area contributed by atoms with Gasteiger partial charge in [-0.25, -0.2) is 0 Å². The van der Waals surface area contributed by atoms with Gasteiger partial charge in [0.05, 0.1) is 13.7 Å². The maximum atomic E-state index is 9.93. The molecule has 3 nitrogen and oxygen atoms in total. The lowest BCUT2D eigenvalue weighted by molar-refractivity contribution is 0.0360. The van der Waals surface area contributed by atoms with E-state index in [1.807, 2.05) is 32.0 Å². The summed E-state index contributed by atoms with van der Waals surface area (Å²) in [5.74, 6) is 0.808. The number of hydrogen-bond donors (Lipinski definition) is 1. The summed E-state index contributed by atoms with van der Waals surface area (Å²) in [4.78, 5) is 0. The number of hydrogen-bond acceptors (Lipinski definition) is 3. The molecule has 0 aliphatic carbocycles. The predicted octanol–water partition coefficient (Wildman–Crippen LogP) is 2.46. The highest BCUT2D eigenvalue weighted by atomic mass is 16.5. The Hall–Kier alpha value is -1.06. The largest absolute Gasteiger partial charge is 0.497 e. The van der Waals surface area contributed by atoms with Gasteiger partial charge in [-0.2, -0.15) is 0 Å². The van der Waals surface area contributed by atoms with Gasteiger partial charge in [0.15, 0.2) is 0 Å². The van der Waals surface area contributed by atoms with Crippen LogP contribution in [0, 0.1) is 6.92 Å². The van der Waals surface area contributed by atoms with E-state index in [0.29, 0.717) is 13.2 Å². The van der Waals surface area contributed by atoms with E-state index in [-0.39, 0.29) is 0 Å². The van der Waals surface area contributed by atoms with E-state index in [1.54, 1.807) is 7.11 Å². The highest BCUT2D eigenvalue weighted by Crippen LogP contribution is 2.22. The zero-order chi connectivity index (χ0) is 12.0. The maximum Gasteiger partial charge on any atom is 0.119 e. The van der Waals surface area contributed by atoms with Crippen molar-refractivity contribution in [3.63, 3.8) is 0 Å². The first-order valence-corrected chi connectivity index (χ1v) is 5.59. The molecule has 1 aromatic rings. The molecule has 90 valence electrons. The molecule has 0 saturated heterocycles. The van der Waals surface area contributed by atoms with E-state index < -0.39 is 6.10 Å². The van der Waals surface area contributed by atoms with Crippen molar-refractivity contribution in [2.24, 2.45) is 0 Å². The molecule has 1 aromatic carbocycles. The van der Waals surface area contributed by atoms with Crippen LogP contribution in [0.5, 0.6) is 5.75 Å². The van der Waals surface area contributed by atoms with Crippen LogP contribution in [0.3, 0.4) is 0 Å². The van der Waals surface area contributed by atoms with Gasteiger partial charge in [-0.05, 0) is 36.6 Å². The van der Waals surface area contributed by atoms with Gasteiger partial charge < -0.3 is 14.6 Å². The summed E-state index contributed by atoms with van der Waals surface area (Å²) < 4.78 is 10.4. The van der Waals surface area contributed by atoms with Gasteiger partial charge in [0.1, 0.15) is 11.9 Å². The second-order valence-electron chi connectivity index (χ2n) is 3.81. The zero-order valence-corrected chi connectivity index (χ0v) is 10.2. The van der Waals surface area contributed by atoms with Gasteiger partial charge in [-0.15, -0.1) is 0 Å². The second kappa shape index (κ2) is 6.51. The minimum Gasteiger partial charge on any atom is -0.497 e. The number of methoxy groups -OCH3 is 1. The highest BCUT2D eigenvalue weighted by Gasteiger charge is 2.10. The van der Waals surface area contributed by atoms with Gasteiger partial charge in [0.25, 0.3) is 0 Å². The number of ether oxygens (including phenoxy) is 2. The number of aryl methyl sites for hydroxylation is 1. The molecule has 1 atom stereocenters. The number of aliphatic hydroxyl groups excluding tert-OH is 1. The van der Waals surface area contributed by atoms with Gasteiger partial charge >= 0.3 is 0 Å². The molecule has 0 fully saturated rings. The molecular formula is C13H20O3. The van der Waals surface area contributed by atoms with Crippen LogP contribution in [0.4, 0.5) is 0 Å². The molecule has 1 unspecified atom stereocenters. The number of aliphatic hydroxyl groups is 1. The van der Waals surface area contributed by atoms with Crippen molar-refractivity contribution in [3.8, 4) is 5.75 Å². The lowest BCUT2D eigenvalue weighted by atomic mass is 10.0. The van der Waals surface area contributed by atoms with E-state index in [1.165, 1.54) is 0 Å². The summed E-state index contributed by atoms with van der Waals surface area (Å²) in [6.45, 7) is 5.04. The molecule has 0 saturated carbocycles. The SMILES string of the molecule is CCCOCC(O)c1ccc(OC)cc1C. The monoisotopic (exact) mass is 224 g/mol. The number of benzene rings is 1. The van der Waals surface area contributed by atoms with Gasteiger partial charge in [-0.1, -0.05) is 13.0 Å². The Morgan fingerprint density at radius 3 is 2.69 bits per heavy atom. The van der Waals surface area contributed by atoms with Crippen molar-refractivity contribution >= 4 is 0 Å². The first-order valence-electron chi connectivity index (χ1n) is 5.59. The van der Waals surface area contributed by atoms with Crippen molar-refractivity contribution in [3.05, 3.63) is 29.3 Å². The summed E-state index contributed by atoms with van der Waals surface area (Å²) in [5.41, 5.74) is 1.92. The first kappa shape index (κ1) is 13.0. The summed E-state index contributed by atoms with van der Waals surface area (Å²) >= 11 is 0. The van der Waals surface area contributed by atoms with E-state index in [2.05, 4.69) is 0 Å². The molecule has 0 aromatic heterocycles. The highest BCUT2D eigenvalue weighted by molar-refractivity contribution is 5.36. The fourth-order valence-corrected chi connectivity index (χ4v) is 1.58. The Morgan fingerprint density at radius 1 is 1.38 bits per heavy atom. The number of rotatable bonds is 6. The van der Waals surface area contributed by atoms with Gasteiger partial charge in [-0.3, -0.25) is 0 Å². The van der Waals surface area contributed by atoms with Crippen LogP contribution in [-0.2, 0) is 4.74 Å². The molecule has 1 rings (SSSR count). The minimum absolute atomic E-state index is 0.348. The van der Waals surface area contributed by atoms with Crippen LogP contribution in [0.25, 0.3) is 0 Å². The molecule has 0 aliphatic heterocycles. The molecule has 0 amide bonds. The third kappa shape index (κ3) is 3.51. The fourth-order valence-electron chi connectivity index (χ4n) is 1.58. The van der Waals surface area contributed by atoms with E-state index in [4.69, 9.17) is 9.47 Å². The Kier molecular flexibility index (Phi) is 5.29. The molecular weight excluding hydrogens is 204 g/mol. The van der Waals surface area contributed by atoms with E-state index in [9.17, 15) is 5.11 Å². The third-order valence-corrected chi connectivity index (χ3v) is 2.46. The molecule has 3 heteroatoms. The van der Waals surface area contributed by atoms with Crippen LogP contribution < -0.4 is 4.74 Å². The van der Waals surface area contributed by atoms with Crippen LogP contribution in [-0.4, -0.2) is 25.4 Å². The third-order valence-electron chi connectivity index (χ3n) is 2.46. The standard InChI is InChI=1S/C13H20O3/c1-4-7-16-9-13(14)12-6-5-11(15-3)8-10(12)2/h5-6,8,13-14H,4,7,9H2,1-3H3. The molecule has 16 heavy (non-hydrogen) atoms. The normalized spacial score (nSPS) is 12.5. The van der Waals surface area contributed by atoms with Crippen molar-refractivity contribution in [2.75, 3.05) is 20.3 Å². The van der Waals surface area contributed by atoms with Crippen LogP contribution in [0.1, 0.15) is 30.6 Å². The summed E-state index contributed by atoms with van der Waals surface area (Å²) in [6.07, 6.45) is 0.409. The molecule has 1 N–H and O–H groups in total. The van der Waals surface area contributed by atoms with Gasteiger partial charge in [0, 0.05) is 6.61 Å². The molecule has 0 heterocycles. The predicted molar refractivity (Wildman–Crippen MR) is 63.8 cm³/mol. The van der Waals surface area contributed by atoms with Crippen LogP contribution >= 0.6 is 0 Å². The van der Waals surface area contributed by atoms with E-state index >= 15 is 0 Å². The Labute approximate surface area is 97.0 Å². The van der Waals surface area contributed by atoms with Crippen molar-refractivity contribution in [2.45, 2.75) is 26.4 Å². The Morgan fingerprint density at radius 2 is 2.12 bits per heavy atom. The van der Waals surface area contributed by atoms with Gasteiger partial charge in [0.2, 0.25) is 0 Å². The second-order valence-corrected chi connectivity index (χ2v) is 3.81. The maximum absolute atomic E-state index is 9.93. The summed E-state index contributed by atoms with van der Waals surface area (Å²) in [5, 5.41) is 9.93. The lowest BCUT2D eigenvalue weighted by Gasteiger charge is -2.14. The average molecular weight is 224 g/mol.